The van der Waals surface area contributed by atoms with Crippen molar-refractivity contribution in [3.63, 3.8) is 0 Å². The highest BCUT2D eigenvalue weighted by Crippen LogP contribution is 2.32. The summed E-state index contributed by atoms with van der Waals surface area (Å²) in [7, 11) is 1.60. The van der Waals surface area contributed by atoms with E-state index in [2.05, 4.69) is 20.6 Å². The molecule has 0 saturated carbocycles. The SMILES string of the molecule is CNc1nc(C)cc(Nc2cc(C(F)(F)F)ccc2F)n1. The minimum absolute atomic E-state index is 0.199. The molecule has 2 N–H and O–H groups in total. The van der Waals surface area contributed by atoms with E-state index in [1.54, 1.807) is 14.0 Å². The van der Waals surface area contributed by atoms with Gasteiger partial charge in [-0.2, -0.15) is 18.2 Å². The van der Waals surface area contributed by atoms with E-state index in [1.807, 2.05) is 0 Å². The lowest BCUT2D eigenvalue weighted by molar-refractivity contribution is -0.137. The van der Waals surface area contributed by atoms with Gasteiger partial charge >= 0.3 is 6.18 Å². The molecule has 0 spiro atoms. The molecule has 0 radical (unpaired) electrons. The zero-order valence-electron chi connectivity index (χ0n) is 11.2. The van der Waals surface area contributed by atoms with Crippen LogP contribution in [0.4, 0.5) is 35.0 Å². The first-order chi connectivity index (χ1) is 9.79. The van der Waals surface area contributed by atoms with Gasteiger partial charge in [0.05, 0.1) is 11.3 Å². The largest absolute Gasteiger partial charge is 0.416 e. The van der Waals surface area contributed by atoms with Crippen LogP contribution in [-0.2, 0) is 6.18 Å². The van der Waals surface area contributed by atoms with E-state index >= 15 is 0 Å². The molecule has 0 aliphatic carbocycles. The predicted octanol–water partition coefficient (Wildman–Crippen LogP) is 3.73. The van der Waals surface area contributed by atoms with Gasteiger partial charge < -0.3 is 10.6 Å². The van der Waals surface area contributed by atoms with Crippen molar-refractivity contribution in [1.29, 1.82) is 0 Å². The summed E-state index contributed by atoms with van der Waals surface area (Å²) in [5, 5.41) is 5.24. The van der Waals surface area contributed by atoms with Gasteiger partial charge in [0.15, 0.2) is 0 Å². The zero-order valence-corrected chi connectivity index (χ0v) is 11.2. The van der Waals surface area contributed by atoms with Crippen LogP contribution in [0.25, 0.3) is 0 Å². The molecule has 0 aliphatic rings. The monoisotopic (exact) mass is 300 g/mol. The first-order valence-corrected chi connectivity index (χ1v) is 5.97. The fourth-order valence-corrected chi connectivity index (χ4v) is 1.68. The Morgan fingerprint density at radius 3 is 2.43 bits per heavy atom. The molecule has 2 aromatic rings. The van der Waals surface area contributed by atoms with Crippen molar-refractivity contribution < 1.29 is 17.6 Å². The summed E-state index contributed by atoms with van der Waals surface area (Å²) in [6.45, 7) is 1.69. The van der Waals surface area contributed by atoms with Crippen LogP contribution in [0.15, 0.2) is 24.3 Å². The van der Waals surface area contributed by atoms with Crippen molar-refractivity contribution in [3.8, 4) is 0 Å². The number of rotatable bonds is 3. The summed E-state index contributed by atoms with van der Waals surface area (Å²) in [4.78, 5) is 8.04. The summed E-state index contributed by atoms with van der Waals surface area (Å²) in [5.41, 5.74) is -0.653. The Kier molecular flexibility index (Phi) is 3.97. The number of nitrogens with zero attached hydrogens (tertiary/aromatic N) is 2. The minimum Gasteiger partial charge on any atom is -0.357 e. The molecule has 0 saturated heterocycles. The number of aryl methyl sites for hydroxylation is 1. The van der Waals surface area contributed by atoms with E-state index in [1.165, 1.54) is 6.07 Å². The van der Waals surface area contributed by atoms with E-state index < -0.39 is 17.6 Å². The average Bonchev–Trinajstić information content (AvgIpc) is 2.39. The molecule has 0 aliphatic heterocycles. The number of hydrogen-bond acceptors (Lipinski definition) is 4. The number of halogens is 4. The van der Waals surface area contributed by atoms with Crippen molar-refractivity contribution in [3.05, 3.63) is 41.3 Å². The standard InChI is InChI=1S/C13H12F4N4/c1-7-5-11(21-12(18-2)19-7)20-10-6-8(13(15,16)17)3-4-9(10)14/h3-6H,1-2H3,(H2,18,19,20,21). The maximum atomic E-state index is 13.6. The van der Waals surface area contributed by atoms with Crippen LogP contribution >= 0.6 is 0 Å². The van der Waals surface area contributed by atoms with Crippen molar-refractivity contribution in [1.82, 2.24) is 9.97 Å². The predicted molar refractivity (Wildman–Crippen MR) is 71.0 cm³/mol. The molecular weight excluding hydrogens is 288 g/mol. The lowest BCUT2D eigenvalue weighted by Gasteiger charge is -2.12. The molecule has 0 unspecified atom stereocenters. The number of alkyl halides is 3. The summed E-state index contributed by atoms with van der Waals surface area (Å²) < 4.78 is 51.5. The maximum Gasteiger partial charge on any atom is 0.416 e. The Balaban J connectivity index is 2.37. The molecule has 0 fully saturated rings. The first-order valence-electron chi connectivity index (χ1n) is 5.97. The second-order valence-corrected chi connectivity index (χ2v) is 4.29. The van der Waals surface area contributed by atoms with Crippen molar-refractivity contribution in [2.45, 2.75) is 13.1 Å². The number of anilines is 3. The van der Waals surface area contributed by atoms with Gasteiger partial charge in [-0.3, -0.25) is 0 Å². The topological polar surface area (TPSA) is 49.8 Å². The van der Waals surface area contributed by atoms with Gasteiger partial charge in [0.25, 0.3) is 0 Å². The molecule has 112 valence electrons. The highest BCUT2D eigenvalue weighted by atomic mass is 19.4. The third-order valence-corrected chi connectivity index (χ3v) is 2.63. The molecule has 1 aromatic heterocycles. The number of hydrogen-bond donors (Lipinski definition) is 2. The summed E-state index contributed by atoms with van der Waals surface area (Å²) in [6.07, 6.45) is -4.54. The van der Waals surface area contributed by atoms with E-state index in [0.29, 0.717) is 17.8 Å². The summed E-state index contributed by atoms with van der Waals surface area (Å²) in [5.74, 6) is -0.319. The lowest BCUT2D eigenvalue weighted by Crippen LogP contribution is -2.07. The molecular formula is C13H12F4N4. The van der Waals surface area contributed by atoms with Gasteiger partial charge in [-0.15, -0.1) is 0 Å². The van der Waals surface area contributed by atoms with E-state index in [-0.39, 0.29) is 17.5 Å². The summed E-state index contributed by atoms with van der Waals surface area (Å²) >= 11 is 0. The smallest absolute Gasteiger partial charge is 0.357 e. The number of benzene rings is 1. The molecule has 2 rings (SSSR count). The highest BCUT2D eigenvalue weighted by molar-refractivity contribution is 5.59. The average molecular weight is 300 g/mol. The molecule has 0 bridgehead atoms. The fourth-order valence-electron chi connectivity index (χ4n) is 1.68. The lowest BCUT2D eigenvalue weighted by atomic mass is 10.2. The third kappa shape index (κ3) is 3.59. The summed E-state index contributed by atoms with van der Waals surface area (Å²) in [6, 6.07) is 3.65. The van der Waals surface area contributed by atoms with Gasteiger partial charge in [-0.1, -0.05) is 0 Å². The van der Waals surface area contributed by atoms with Crippen LogP contribution in [-0.4, -0.2) is 17.0 Å². The van der Waals surface area contributed by atoms with Crippen molar-refractivity contribution >= 4 is 17.5 Å². The molecule has 4 nitrogen and oxygen atoms in total. The van der Waals surface area contributed by atoms with Crippen molar-refractivity contribution in [2.24, 2.45) is 0 Å². The molecule has 0 amide bonds. The normalized spacial score (nSPS) is 11.3. The van der Waals surface area contributed by atoms with Crippen LogP contribution in [0.5, 0.6) is 0 Å². The second-order valence-electron chi connectivity index (χ2n) is 4.29. The molecule has 1 aromatic carbocycles. The van der Waals surface area contributed by atoms with Crippen molar-refractivity contribution in [2.75, 3.05) is 17.7 Å². The van der Waals surface area contributed by atoms with Gasteiger partial charge in [0, 0.05) is 18.8 Å². The van der Waals surface area contributed by atoms with Gasteiger partial charge in [0.1, 0.15) is 11.6 Å². The van der Waals surface area contributed by atoms with Gasteiger partial charge in [0.2, 0.25) is 5.95 Å². The van der Waals surface area contributed by atoms with Crippen LogP contribution in [0.3, 0.4) is 0 Å². The van der Waals surface area contributed by atoms with Crippen LogP contribution in [0, 0.1) is 12.7 Å². The number of aromatic nitrogens is 2. The Morgan fingerprint density at radius 2 is 1.81 bits per heavy atom. The van der Waals surface area contributed by atoms with Crippen LogP contribution in [0.2, 0.25) is 0 Å². The Labute approximate surface area is 118 Å². The quantitative estimate of drug-likeness (QED) is 0.848. The molecule has 21 heavy (non-hydrogen) atoms. The zero-order chi connectivity index (χ0) is 15.6. The first kappa shape index (κ1) is 15.0. The Hall–Kier alpha value is -2.38. The van der Waals surface area contributed by atoms with E-state index in [9.17, 15) is 17.6 Å². The van der Waals surface area contributed by atoms with Crippen LogP contribution in [0.1, 0.15) is 11.3 Å². The van der Waals surface area contributed by atoms with E-state index in [0.717, 1.165) is 6.07 Å². The van der Waals surface area contributed by atoms with Gasteiger partial charge in [-0.25, -0.2) is 9.37 Å². The van der Waals surface area contributed by atoms with Gasteiger partial charge in [-0.05, 0) is 25.1 Å². The minimum atomic E-state index is -4.54. The molecule has 1 heterocycles. The fraction of sp³-hybridized carbons (Fsp3) is 0.231. The third-order valence-electron chi connectivity index (χ3n) is 2.63. The number of nitrogens with one attached hydrogen (secondary N) is 2. The van der Waals surface area contributed by atoms with Crippen LogP contribution < -0.4 is 10.6 Å². The molecule has 0 atom stereocenters. The highest BCUT2D eigenvalue weighted by Gasteiger charge is 2.31. The Bertz CT molecular complexity index is 655. The molecule has 8 heteroatoms. The second kappa shape index (κ2) is 5.55. The van der Waals surface area contributed by atoms with E-state index in [4.69, 9.17) is 0 Å². The Morgan fingerprint density at radius 1 is 1.10 bits per heavy atom. The maximum absolute atomic E-state index is 13.6.